The van der Waals surface area contributed by atoms with E-state index < -0.39 is 29.7 Å². The number of benzene rings is 1. The highest BCUT2D eigenvalue weighted by atomic mass is 32.2. The van der Waals surface area contributed by atoms with E-state index in [0.29, 0.717) is 31.1 Å². The molecule has 1 aliphatic rings. The van der Waals surface area contributed by atoms with Crippen LogP contribution in [-0.2, 0) is 19.1 Å². The van der Waals surface area contributed by atoms with Crippen LogP contribution in [0.2, 0.25) is 0 Å². The molecule has 0 spiro atoms. The third kappa shape index (κ3) is 8.41. The van der Waals surface area contributed by atoms with Crippen LogP contribution >= 0.6 is 23.5 Å². The maximum Gasteiger partial charge on any atom is 0.411 e. The molecule has 3 atom stereocenters. The monoisotopic (exact) mass is 510 g/mol. The molecule has 0 unspecified atom stereocenters. The van der Waals surface area contributed by atoms with Crippen LogP contribution in [0.25, 0.3) is 0 Å². The average Bonchev–Trinajstić information content (AvgIpc) is 3.19. The van der Waals surface area contributed by atoms with Gasteiger partial charge >= 0.3 is 12.1 Å². The number of carbonyl (C=O) groups excluding carboxylic acids is 3. The highest BCUT2D eigenvalue weighted by molar-refractivity contribution is 8.00. The molecule has 1 aromatic rings. The van der Waals surface area contributed by atoms with Crippen LogP contribution in [0.1, 0.15) is 58.9 Å². The van der Waals surface area contributed by atoms with Gasteiger partial charge in [0.2, 0.25) is 5.91 Å². The summed E-state index contributed by atoms with van der Waals surface area (Å²) in [6.07, 6.45) is 2.34. The van der Waals surface area contributed by atoms with E-state index in [4.69, 9.17) is 9.47 Å². The molecule has 2 rings (SSSR count). The molecule has 1 aromatic carbocycles. The maximum atomic E-state index is 13.3. The second-order valence-corrected chi connectivity index (χ2v) is 12.1. The molecule has 0 aromatic heterocycles. The number of rotatable bonds is 9. The van der Waals surface area contributed by atoms with Crippen LogP contribution in [0.15, 0.2) is 29.2 Å². The lowest BCUT2D eigenvalue weighted by Crippen LogP contribution is -2.52. The number of ether oxygens (including phenoxy) is 2. The lowest BCUT2D eigenvalue weighted by atomic mass is 10.0. The minimum atomic E-state index is -0.749. The fourth-order valence-corrected chi connectivity index (χ4v) is 5.34. The number of esters is 1. The molecule has 0 radical (unpaired) electrons. The predicted octanol–water partition coefficient (Wildman–Crippen LogP) is 4.69. The summed E-state index contributed by atoms with van der Waals surface area (Å²) in [5, 5.41) is 2.83. The summed E-state index contributed by atoms with van der Waals surface area (Å²) in [5.41, 5.74) is 0.589. The van der Waals surface area contributed by atoms with E-state index in [1.165, 1.54) is 17.6 Å². The Kier molecular flexibility index (Phi) is 10.6. The molecule has 1 fully saturated rings. The number of nitrogens with zero attached hydrogens (tertiary/aromatic N) is 1. The summed E-state index contributed by atoms with van der Waals surface area (Å²) < 4.78 is 10.5. The Morgan fingerprint density at radius 3 is 2.35 bits per heavy atom. The Bertz CT molecular complexity index is 839. The smallest absolute Gasteiger partial charge is 0.411 e. The number of carbonyl (C=O) groups is 3. The highest BCUT2D eigenvalue weighted by Gasteiger charge is 2.42. The Labute approximate surface area is 212 Å². The second-order valence-electron chi connectivity index (χ2n) is 9.71. The minimum Gasteiger partial charge on any atom is -0.467 e. The van der Waals surface area contributed by atoms with Crippen molar-refractivity contribution in [3.63, 3.8) is 0 Å². The molecule has 1 aliphatic heterocycles. The Hall–Kier alpha value is -1.87. The molecule has 0 bridgehead atoms. The Balaban J connectivity index is 2.18. The molecule has 7 nitrogen and oxygen atoms in total. The number of hydrogen-bond donors (Lipinski definition) is 1. The molecule has 0 aliphatic carbocycles. The van der Waals surface area contributed by atoms with Crippen molar-refractivity contribution in [2.75, 3.05) is 25.7 Å². The van der Waals surface area contributed by atoms with Crippen LogP contribution in [-0.4, -0.2) is 71.5 Å². The first-order valence-corrected chi connectivity index (χ1v) is 13.9. The van der Waals surface area contributed by atoms with Gasteiger partial charge in [0.1, 0.15) is 17.7 Å². The van der Waals surface area contributed by atoms with Gasteiger partial charge in [-0.1, -0.05) is 26.0 Å². The molecular weight excluding hydrogens is 472 g/mol. The predicted molar refractivity (Wildman–Crippen MR) is 138 cm³/mol. The van der Waals surface area contributed by atoms with Crippen molar-refractivity contribution in [2.24, 2.45) is 0 Å². The number of likely N-dealkylation sites (tertiary alicyclic amines) is 1. The van der Waals surface area contributed by atoms with Gasteiger partial charge in [-0.3, -0.25) is 9.69 Å². The Morgan fingerprint density at radius 2 is 1.82 bits per heavy atom. The summed E-state index contributed by atoms with van der Waals surface area (Å²) >= 11 is 3.24. The van der Waals surface area contributed by atoms with Gasteiger partial charge in [-0.2, -0.15) is 11.8 Å². The Morgan fingerprint density at radius 1 is 1.18 bits per heavy atom. The first-order valence-electron chi connectivity index (χ1n) is 11.6. The third-order valence-electron chi connectivity index (χ3n) is 5.46. The van der Waals surface area contributed by atoms with Gasteiger partial charge < -0.3 is 14.8 Å². The third-order valence-corrected chi connectivity index (χ3v) is 7.32. The zero-order chi connectivity index (χ0) is 25.5. The van der Waals surface area contributed by atoms with Crippen molar-refractivity contribution in [3.8, 4) is 0 Å². The lowest BCUT2D eigenvalue weighted by molar-refractivity contribution is -0.145. The number of hydrogen-bond acceptors (Lipinski definition) is 7. The number of thioether (sulfide) groups is 2. The molecular formula is C25H38N2O5S2. The molecule has 1 saturated heterocycles. The van der Waals surface area contributed by atoms with E-state index in [9.17, 15) is 14.4 Å². The van der Waals surface area contributed by atoms with Crippen LogP contribution in [0.3, 0.4) is 0 Å². The van der Waals surface area contributed by atoms with Crippen LogP contribution < -0.4 is 5.32 Å². The zero-order valence-electron chi connectivity index (χ0n) is 21.3. The van der Waals surface area contributed by atoms with E-state index in [0.717, 1.165) is 4.90 Å². The number of methoxy groups -OCH3 is 1. The highest BCUT2D eigenvalue weighted by Crippen LogP contribution is 2.34. The summed E-state index contributed by atoms with van der Waals surface area (Å²) in [7, 11) is 1.31. The largest absolute Gasteiger partial charge is 0.467 e. The number of amides is 2. The molecule has 1 N–H and O–H groups in total. The van der Waals surface area contributed by atoms with Crippen molar-refractivity contribution in [3.05, 3.63) is 29.8 Å². The average molecular weight is 511 g/mol. The minimum absolute atomic E-state index is 0.0240. The molecule has 2 amide bonds. The fraction of sp³-hybridized carbons (Fsp3) is 0.640. The summed E-state index contributed by atoms with van der Waals surface area (Å²) in [4.78, 5) is 41.0. The van der Waals surface area contributed by atoms with Crippen LogP contribution in [0.4, 0.5) is 4.79 Å². The molecule has 9 heteroatoms. The fourth-order valence-electron chi connectivity index (χ4n) is 3.67. The van der Waals surface area contributed by atoms with Crippen molar-refractivity contribution in [1.29, 1.82) is 0 Å². The van der Waals surface area contributed by atoms with Gasteiger partial charge in [-0.15, -0.1) is 11.8 Å². The van der Waals surface area contributed by atoms with E-state index in [-0.39, 0.29) is 11.2 Å². The molecule has 34 heavy (non-hydrogen) atoms. The van der Waals surface area contributed by atoms with Gasteiger partial charge in [0.15, 0.2) is 0 Å². The van der Waals surface area contributed by atoms with Gasteiger partial charge in [-0.25, -0.2) is 9.59 Å². The van der Waals surface area contributed by atoms with Gasteiger partial charge in [0.25, 0.3) is 0 Å². The van der Waals surface area contributed by atoms with E-state index >= 15 is 0 Å². The second kappa shape index (κ2) is 12.7. The van der Waals surface area contributed by atoms with Crippen molar-refractivity contribution >= 4 is 41.5 Å². The van der Waals surface area contributed by atoms with Crippen molar-refractivity contribution < 1.29 is 23.9 Å². The molecule has 0 saturated carbocycles. The molecule has 1 heterocycles. The normalized spacial score (nSPS) is 19.1. The zero-order valence-corrected chi connectivity index (χ0v) is 22.9. The van der Waals surface area contributed by atoms with Crippen molar-refractivity contribution in [2.45, 2.75) is 81.2 Å². The van der Waals surface area contributed by atoms with Gasteiger partial charge in [-0.05, 0) is 69.2 Å². The van der Waals surface area contributed by atoms with Gasteiger partial charge in [0.05, 0.1) is 7.11 Å². The van der Waals surface area contributed by atoms with Crippen LogP contribution in [0.5, 0.6) is 0 Å². The van der Waals surface area contributed by atoms with E-state index in [1.807, 2.05) is 6.26 Å². The van der Waals surface area contributed by atoms with Crippen LogP contribution in [0, 0.1) is 0 Å². The topological polar surface area (TPSA) is 84.9 Å². The number of nitrogens with one attached hydrogen (secondary N) is 1. The van der Waals surface area contributed by atoms with E-state index in [2.05, 4.69) is 43.4 Å². The SMILES string of the molecule is COC(=O)[C@H](CCSC)NC(=O)[C@@H]1C[C@H](Sc2ccc(C(C)C)cc2)CN1C(=O)OC(C)(C)C. The molecule has 190 valence electrons. The van der Waals surface area contributed by atoms with Gasteiger partial charge in [0, 0.05) is 16.7 Å². The maximum absolute atomic E-state index is 13.3. The first kappa shape index (κ1) is 28.4. The first-order chi connectivity index (χ1) is 15.9. The lowest BCUT2D eigenvalue weighted by Gasteiger charge is -2.28. The summed E-state index contributed by atoms with van der Waals surface area (Å²) in [5.74, 6) is 0.307. The van der Waals surface area contributed by atoms with Crippen molar-refractivity contribution in [1.82, 2.24) is 10.2 Å². The van der Waals surface area contributed by atoms with E-state index in [1.54, 1.807) is 44.3 Å². The quantitative estimate of drug-likeness (QED) is 0.482. The summed E-state index contributed by atoms with van der Waals surface area (Å²) in [6, 6.07) is 6.93. The standard InChI is InChI=1S/C25H38N2O5S2/c1-16(2)17-8-10-18(11-9-17)34-19-14-21(27(15-19)24(30)32-25(3,4)5)22(28)26-20(12-13-33-7)23(29)31-6/h8-11,16,19-21H,12-15H2,1-7H3,(H,26,28)/t19-,20-,21-/m0/s1. The summed E-state index contributed by atoms with van der Waals surface area (Å²) in [6.45, 7) is 10.1.